The molecule has 2 rings (SSSR count). The quantitative estimate of drug-likeness (QED) is 0.735. The van der Waals surface area contributed by atoms with E-state index in [1.807, 2.05) is 41.5 Å². The molecule has 0 saturated carbocycles. The van der Waals surface area contributed by atoms with Crippen LogP contribution in [0, 0.1) is 0 Å². The summed E-state index contributed by atoms with van der Waals surface area (Å²) < 4.78 is 25.8. The van der Waals surface area contributed by atoms with Gasteiger partial charge >= 0.3 is 7.12 Å². The Morgan fingerprint density at radius 2 is 1.63 bits per heavy atom. The van der Waals surface area contributed by atoms with Crippen molar-refractivity contribution in [2.24, 2.45) is 0 Å². The Bertz CT molecular complexity index is 373. The van der Waals surface area contributed by atoms with Crippen LogP contribution >= 0.6 is 0 Å². The van der Waals surface area contributed by atoms with Crippen molar-refractivity contribution in [2.45, 2.75) is 64.7 Å². The molecule has 2 aliphatic heterocycles. The summed E-state index contributed by atoms with van der Waals surface area (Å²) in [5.74, 6) is 0. The standard InChI is InChI=1S/C14H25BFNO2/c1-12(2,17-8-7-9-17)10-11(16)15-18-13(3,4)14(5,6)19-15/h10H,7-9H2,1-6H3. The number of hydrogen-bond acceptors (Lipinski definition) is 3. The van der Waals surface area contributed by atoms with Crippen molar-refractivity contribution >= 4 is 7.12 Å². The van der Waals surface area contributed by atoms with E-state index < -0.39 is 18.3 Å². The largest absolute Gasteiger partial charge is 0.524 e. The number of halogens is 1. The van der Waals surface area contributed by atoms with Crippen molar-refractivity contribution in [3.05, 3.63) is 11.8 Å². The molecule has 108 valence electrons. The SMILES string of the molecule is CC(C)(C=C(F)B1OC(C)(C)C(C)(C)O1)N1CCC1. The average Bonchev–Trinajstić information content (AvgIpc) is 2.30. The second-order valence-corrected chi connectivity index (χ2v) is 7.11. The Balaban J connectivity index is 2.10. The average molecular weight is 269 g/mol. The van der Waals surface area contributed by atoms with Gasteiger partial charge in [0.2, 0.25) is 0 Å². The van der Waals surface area contributed by atoms with Crippen molar-refractivity contribution in [3.8, 4) is 0 Å². The van der Waals surface area contributed by atoms with Crippen LogP contribution in [0.4, 0.5) is 4.39 Å². The minimum absolute atomic E-state index is 0.286. The maximum absolute atomic E-state index is 14.4. The maximum atomic E-state index is 14.4. The molecule has 2 aliphatic rings. The lowest BCUT2D eigenvalue weighted by Crippen LogP contribution is -2.51. The summed E-state index contributed by atoms with van der Waals surface area (Å²) in [6, 6.07) is 0. The van der Waals surface area contributed by atoms with E-state index in [0.717, 1.165) is 13.1 Å². The van der Waals surface area contributed by atoms with Crippen molar-refractivity contribution in [1.82, 2.24) is 4.90 Å². The van der Waals surface area contributed by atoms with E-state index >= 15 is 0 Å². The summed E-state index contributed by atoms with van der Waals surface area (Å²) in [5.41, 5.74) is -1.60. The molecule has 0 N–H and O–H groups in total. The summed E-state index contributed by atoms with van der Waals surface area (Å²) in [4.78, 5) is 2.25. The zero-order chi connectivity index (χ0) is 14.5. The molecule has 2 saturated heterocycles. The van der Waals surface area contributed by atoms with Gasteiger partial charge in [-0.2, -0.15) is 0 Å². The van der Waals surface area contributed by atoms with Gasteiger partial charge in [0.15, 0.2) is 0 Å². The highest BCUT2D eigenvalue weighted by atomic mass is 19.1. The van der Waals surface area contributed by atoms with Gasteiger partial charge in [-0.25, -0.2) is 4.39 Å². The predicted octanol–water partition coefficient (Wildman–Crippen LogP) is 2.96. The van der Waals surface area contributed by atoms with Gasteiger partial charge < -0.3 is 9.31 Å². The summed E-state index contributed by atoms with van der Waals surface area (Å²) in [6.45, 7) is 13.8. The third-order valence-corrected chi connectivity index (χ3v) is 4.64. The zero-order valence-corrected chi connectivity index (χ0v) is 12.9. The van der Waals surface area contributed by atoms with Gasteiger partial charge in [0.25, 0.3) is 0 Å². The van der Waals surface area contributed by atoms with E-state index in [2.05, 4.69) is 4.90 Å². The monoisotopic (exact) mass is 269 g/mol. The molecule has 0 bridgehead atoms. The number of rotatable bonds is 3. The summed E-state index contributed by atoms with van der Waals surface area (Å²) in [6.07, 6.45) is 2.82. The lowest BCUT2D eigenvalue weighted by Gasteiger charge is -2.43. The first-order valence-corrected chi connectivity index (χ1v) is 7.04. The third kappa shape index (κ3) is 2.74. The second kappa shape index (κ2) is 4.57. The maximum Gasteiger partial charge on any atom is 0.524 e. The molecule has 0 unspecified atom stereocenters. The first-order valence-electron chi connectivity index (χ1n) is 7.04. The fourth-order valence-corrected chi connectivity index (χ4v) is 2.34. The molecule has 0 spiro atoms. The highest BCUT2D eigenvalue weighted by molar-refractivity contribution is 6.53. The number of nitrogens with zero attached hydrogens (tertiary/aromatic N) is 1. The molecule has 0 aromatic carbocycles. The highest BCUT2D eigenvalue weighted by Crippen LogP contribution is 2.39. The Labute approximate surface area is 116 Å². The van der Waals surface area contributed by atoms with Gasteiger partial charge in [-0.3, -0.25) is 4.90 Å². The van der Waals surface area contributed by atoms with Gasteiger partial charge in [0.1, 0.15) is 5.73 Å². The van der Waals surface area contributed by atoms with E-state index in [1.165, 1.54) is 6.42 Å². The molecule has 3 nitrogen and oxygen atoms in total. The molecule has 2 fully saturated rings. The van der Waals surface area contributed by atoms with E-state index in [9.17, 15) is 4.39 Å². The Hall–Kier alpha value is -0.385. The van der Waals surface area contributed by atoms with Crippen LogP contribution in [0.25, 0.3) is 0 Å². The van der Waals surface area contributed by atoms with Crippen LogP contribution in [0.15, 0.2) is 11.8 Å². The zero-order valence-electron chi connectivity index (χ0n) is 12.9. The second-order valence-electron chi connectivity index (χ2n) is 7.11. The van der Waals surface area contributed by atoms with E-state index in [0.29, 0.717) is 0 Å². The molecule has 0 amide bonds. The molecule has 2 heterocycles. The summed E-state index contributed by atoms with van der Waals surface area (Å²) in [7, 11) is -0.884. The van der Waals surface area contributed by atoms with Gasteiger partial charge in [-0.15, -0.1) is 0 Å². The van der Waals surface area contributed by atoms with Crippen molar-refractivity contribution in [2.75, 3.05) is 13.1 Å². The molecule has 0 atom stereocenters. The van der Waals surface area contributed by atoms with Gasteiger partial charge in [-0.1, -0.05) is 0 Å². The molecular weight excluding hydrogens is 244 g/mol. The number of likely N-dealkylation sites (tertiary alicyclic amines) is 1. The molecule has 0 radical (unpaired) electrons. The van der Waals surface area contributed by atoms with Crippen LogP contribution in [0.1, 0.15) is 48.0 Å². The predicted molar refractivity (Wildman–Crippen MR) is 75.5 cm³/mol. The summed E-state index contributed by atoms with van der Waals surface area (Å²) >= 11 is 0. The van der Waals surface area contributed by atoms with Crippen molar-refractivity contribution in [1.29, 1.82) is 0 Å². The smallest absolute Gasteiger partial charge is 0.398 e. The fraction of sp³-hybridized carbons (Fsp3) is 0.857. The van der Waals surface area contributed by atoms with Crippen LogP contribution in [0.2, 0.25) is 0 Å². The molecule has 0 aromatic heterocycles. The molecule has 0 aromatic rings. The Morgan fingerprint density at radius 3 is 2.00 bits per heavy atom. The minimum atomic E-state index is -0.884. The third-order valence-electron chi connectivity index (χ3n) is 4.64. The van der Waals surface area contributed by atoms with Crippen LogP contribution < -0.4 is 0 Å². The molecule has 19 heavy (non-hydrogen) atoms. The topological polar surface area (TPSA) is 21.7 Å². The first kappa shape index (κ1) is 15.0. The number of hydrogen-bond donors (Lipinski definition) is 0. The Morgan fingerprint density at radius 1 is 1.16 bits per heavy atom. The lowest BCUT2D eigenvalue weighted by molar-refractivity contribution is 0.00578. The van der Waals surface area contributed by atoms with E-state index in [1.54, 1.807) is 6.08 Å². The van der Waals surface area contributed by atoms with Crippen LogP contribution in [-0.2, 0) is 9.31 Å². The van der Waals surface area contributed by atoms with Crippen LogP contribution in [0.5, 0.6) is 0 Å². The normalized spacial score (nSPS) is 27.5. The van der Waals surface area contributed by atoms with E-state index in [-0.39, 0.29) is 11.3 Å². The van der Waals surface area contributed by atoms with Gasteiger partial charge in [0, 0.05) is 18.6 Å². The fourth-order valence-electron chi connectivity index (χ4n) is 2.34. The highest BCUT2D eigenvalue weighted by Gasteiger charge is 2.53. The van der Waals surface area contributed by atoms with E-state index in [4.69, 9.17) is 9.31 Å². The van der Waals surface area contributed by atoms with Crippen molar-refractivity contribution < 1.29 is 13.7 Å². The molecule has 0 aliphatic carbocycles. The minimum Gasteiger partial charge on any atom is -0.398 e. The van der Waals surface area contributed by atoms with Crippen LogP contribution in [-0.4, -0.2) is 41.8 Å². The van der Waals surface area contributed by atoms with Crippen LogP contribution in [0.3, 0.4) is 0 Å². The van der Waals surface area contributed by atoms with Crippen molar-refractivity contribution in [3.63, 3.8) is 0 Å². The molecular formula is C14H25BFNO2. The summed E-state index contributed by atoms with van der Waals surface area (Å²) in [5, 5.41) is 0. The first-order chi connectivity index (χ1) is 8.55. The van der Waals surface area contributed by atoms with Gasteiger partial charge in [0.05, 0.1) is 11.2 Å². The lowest BCUT2D eigenvalue weighted by atomic mass is 9.83. The van der Waals surface area contributed by atoms with Gasteiger partial charge in [-0.05, 0) is 54.0 Å². The molecule has 5 heteroatoms. The Kier molecular flexibility index (Phi) is 3.61.